The number of hydrogen-bond acceptors (Lipinski definition) is 4. The summed E-state index contributed by atoms with van der Waals surface area (Å²) in [5.41, 5.74) is 0.465. The molecule has 3 heterocycles. The first kappa shape index (κ1) is 14.9. The molecule has 4 fully saturated rings. The number of benzene rings is 1. The molecule has 3 aliphatic heterocycles. The molecule has 5 rings (SSSR count). The van der Waals surface area contributed by atoms with E-state index >= 15 is 0 Å². The third-order valence-corrected chi connectivity index (χ3v) is 5.66. The minimum Gasteiger partial charge on any atom is -0.353 e. The van der Waals surface area contributed by atoms with Crippen molar-refractivity contribution >= 4 is 11.6 Å². The van der Waals surface area contributed by atoms with Crippen molar-refractivity contribution in [3.8, 4) is 0 Å². The summed E-state index contributed by atoms with van der Waals surface area (Å²) in [4.78, 5) is 11.9. The first-order chi connectivity index (χ1) is 10.7. The van der Waals surface area contributed by atoms with E-state index in [1.807, 2.05) is 24.3 Å². The first-order valence-corrected chi connectivity index (χ1v) is 8.40. The third-order valence-electron chi connectivity index (χ3n) is 5.41. The molecule has 4 aliphatic rings. The molecule has 1 aliphatic carbocycles. The molecule has 0 N–H and O–H groups in total. The third kappa shape index (κ3) is 2.13. The summed E-state index contributed by atoms with van der Waals surface area (Å²) in [7, 11) is 1.69. The fourth-order valence-corrected chi connectivity index (χ4v) is 4.33. The van der Waals surface area contributed by atoms with Crippen molar-refractivity contribution in [1.29, 1.82) is 0 Å². The second-order valence-corrected chi connectivity index (χ2v) is 6.98. The fraction of sp³-hybridized carbons (Fsp3) is 0.647. The van der Waals surface area contributed by atoms with E-state index in [1.54, 1.807) is 7.11 Å². The van der Waals surface area contributed by atoms with Crippen LogP contribution < -0.4 is 0 Å². The highest BCUT2D eigenvalue weighted by atomic mass is 35.5. The lowest BCUT2D eigenvalue weighted by atomic mass is 9.73. The summed E-state index contributed by atoms with van der Waals surface area (Å²) in [6.07, 6.45) is 5.81. The van der Waals surface area contributed by atoms with Gasteiger partial charge in [0, 0.05) is 24.1 Å². The summed E-state index contributed by atoms with van der Waals surface area (Å²) in [5.74, 6) is -0.476. The van der Waals surface area contributed by atoms with Gasteiger partial charge >= 0.3 is 0 Å². The summed E-state index contributed by atoms with van der Waals surface area (Å²) in [6, 6.07) is 7.57. The van der Waals surface area contributed by atoms with Gasteiger partial charge < -0.3 is 9.47 Å². The Kier molecular flexibility index (Phi) is 3.70. The van der Waals surface area contributed by atoms with Gasteiger partial charge in [-0.3, -0.25) is 0 Å². The Morgan fingerprint density at radius 2 is 1.91 bits per heavy atom. The van der Waals surface area contributed by atoms with Crippen LogP contribution in [-0.2, 0) is 25.0 Å². The molecule has 4 atom stereocenters. The Balaban J connectivity index is 1.73. The van der Waals surface area contributed by atoms with Gasteiger partial charge in [0.1, 0.15) is 0 Å². The Morgan fingerprint density at radius 1 is 1.09 bits per heavy atom. The number of halogens is 1. The zero-order chi connectivity index (χ0) is 15.2. The van der Waals surface area contributed by atoms with Crippen LogP contribution in [-0.4, -0.2) is 19.0 Å². The molecule has 1 saturated carbocycles. The molecule has 2 bridgehead atoms. The molecule has 3 saturated heterocycles. The maximum Gasteiger partial charge on any atom is 0.230 e. The number of rotatable bonds is 2. The van der Waals surface area contributed by atoms with Crippen LogP contribution in [0.5, 0.6) is 0 Å². The molecule has 1 unspecified atom stereocenters. The normalized spacial score (nSPS) is 41.0. The van der Waals surface area contributed by atoms with Crippen LogP contribution in [0.3, 0.4) is 0 Å². The van der Waals surface area contributed by atoms with Gasteiger partial charge in [-0.25, -0.2) is 4.89 Å². The second kappa shape index (κ2) is 5.46. The lowest BCUT2D eigenvalue weighted by molar-refractivity contribution is -0.558. The fourth-order valence-electron chi connectivity index (χ4n) is 4.20. The van der Waals surface area contributed by atoms with E-state index in [-0.39, 0.29) is 0 Å². The van der Waals surface area contributed by atoms with Crippen molar-refractivity contribution in [3.63, 3.8) is 0 Å². The Labute approximate surface area is 135 Å². The summed E-state index contributed by atoms with van der Waals surface area (Å²) in [6.45, 7) is 0. The molecule has 0 radical (unpaired) electrons. The highest BCUT2D eigenvalue weighted by Gasteiger charge is 2.61. The number of hydrogen-bond donors (Lipinski definition) is 0. The van der Waals surface area contributed by atoms with Gasteiger partial charge in [0.05, 0.1) is 0 Å². The summed E-state index contributed by atoms with van der Waals surface area (Å²) < 4.78 is 12.0. The van der Waals surface area contributed by atoms with Crippen molar-refractivity contribution in [2.24, 2.45) is 5.92 Å². The molecular formula is C17H21ClO4. The van der Waals surface area contributed by atoms with Crippen LogP contribution in [0.15, 0.2) is 24.3 Å². The topological polar surface area (TPSA) is 36.9 Å². The Hall–Kier alpha value is -0.650. The zero-order valence-electron chi connectivity index (χ0n) is 12.7. The molecule has 120 valence electrons. The highest BCUT2D eigenvalue weighted by molar-refractivity contribution is 6.30. The monoisotopic (exact) mass is 324 g/mol. The van der Waals surface area contributed by atoms with Crippen LogP contribution in [0.1, 0.15) is 44.1 Å². The number of methoxy groups -OCH3 is 1. The summed E-state index contributed by atoms with van der Waals surface area (Å²) >= 11 is 6.00. The second-order valence-electron chi connectivity index (χ2n) is 6.55. The van der Waals surface area contributed by atoms with Crippen molar-refractivity contribution < 1.29 is 19.2 Å². The van der Waals surface area contributed by atoms with E-state index in [0.29, 0.717) is 10.9 Å². The minimum atomic E-state index is -0.895. The number of ether oxygens (including phenoxy) is 2. The van der Waals surface area contributed by atoms with Crippen LogP contribution in [0.25, 0.3) is 0 Å². The molecule has 1 aromatic rings. The van der Waals surface area contributed by atoms with E-state index in [4.69, 9.17) is 30.8 Å². The first-order valence-electron chi connectivity index (χ1n) is 8.02. The van der Waals surface area contributed by atoms with Gasteiger partial charge in [0.25, 0.3) is 0 Å². The van der Waals surface area contributed by atoms with E-state index < -0.39 is 17.7 Å². The van der Waals surface area contributed by atoms with Crippen LogP contribution in [0, 0.1) is 5.92 Å². The SMILES string of the molecule is CO[C@@H]1O[C@]2(c3ccc(Cl)cc3)CC[C@H]3CCCCC31OO2. The molecule has 0 amide bonds. The van der Waals surface area contributed by atoms with Gasteiger partial charge in [-0.15, -0.1) is 0 Å². The Morgan fingerprint density at radius 3 is 2.68 bits per heavy atom. The van der Waals surface area contributed by atoms with Crippen LogP contribution in [0.2, 0.25) is 5.02 Å². The maximum atomic E-state index is 6.32. The Bertz CT molecular complexity index is 544. The molecule has 5 heteroatoms. The molecular weight excluding hydrogens is 304 g/mol. The molecule has 22 heavy (non-hydrogen) atoms. The quantitative estimate of drug-likeness (QED) is 0.765. The summed E-state index contributed by atoms with van der Waals surface area (Å²) in [5, 5.41) is 0.693. The van der Waals surface area contributed by atoms with Gasteiger partial charge in [-0.2, -0.15) is 4.89 Å². The van der Waals surface area contributed by atoms with Gasteiger partial charge in [-0.05, 0) is 37.3 Å². The van der Waals surface area contributed by atoms with Crippen molar-refractivity contribution in [3.05, 3.63) is 34.9 Å². The van der Waals surface area contributed by atoms with Crippen molar-refractivity contribution in [2.45, 2.75) is 56.2 Å². The molecule has 4 nitrogen and oxygen atoms in total. The van der Waals surface area contributed by atoms with E-state index in [1.165, 1.54) is 6.42 Å². The van der Waals surface area contributed by atoms with Gasteiger partial charge in [-0.1, -0.05) is 36.6 Å². The largest absolute Gasteiger partial charge is 0.353 e. The average Bonchev–Trinajstić information content (AvgIpc) is 2.81. The average molecular weight is 325 g/mol. The lowest BCUT2D eigenvalue weighted by Crippen LogP contribution is -2.59. The van der Waals surface area contributed by atoms with Crippen molar-refractivity contribution in [2.75, 3.05) is 7.11 Å². The van der Waals surface area contributed by atoms with Gasteiger partial charge in [0.2, 0.25) is 5.79 Å². The van der Waals surface area contributed by atoms with Gasteiger partial charge in [0.15, 0.2) is 11.9 Å². The number of fused-ring (bicyclic) bond motifs is 3. The predicted octanol–water partition coefficient (Wildman–Crippen LogP) is 4.17. The van der Waals surface area contributed by atoms with E-state index in [2.05, 4.69) is 0 Å². The predicted molar refractivity (Wildman–Crippen MR) is 81.1 cm³/mol. The van der Waals surface area contributed by atoms with Crippen LogP contribution in [0.4, 0.5) is 0 Å². The smallest absolute Gasteiger partial charge is 0.230 e. The van der Waals surface area contributed by atoms with Crippen molar-refractivity contribution in [1.82, 2.24) is 0 Å². The van der Waals surface area contributed by atoms with Crippen LogP contribution >= 0.6 is 11.6 Å². The molecule has 1 aromatic carbocycles. The highest BCUT2D eigenvalue weighted by Crippen LogP contribution is 2.55. The lowest BCUT2D eigenvalue weighted by Gasteiger charge is -2.49. The maximum absolute atomic E-state index is 6.32. The molecule has 1 spiro atoms. The van der Waals surface area contributed by atoms with E-state index in [9.17, 15) is 0 Å². The minimum absolute atomic E-state index is 0.398. The standard InChI is InChI=1S/C17H21ClO4/c1-19-15-16-10-3-2-4-12(16)9-11-17(20-15,22-21-16)13-5-7-14(18)8-6-13/h5-8,12,15H,2-4,9-11H2,1H3/t12-,15-,16?,17-/m1/s1. The van der Waals surface area contributed by atoms with E-state index in [0.717, 1.165) is 37.7 Å². The molecule has 0 aromatic heterocycles. The zero-order valence-corrected chi connectivity index (χ0v) is 13.5.